The average molecular weight is 320 g/mol. The second-order valence-electron chi connectivity index (χ2n) is 6.04. The molecule has 0 fully saturated rings. The molecule has 0 N–H and O–H groups in total. The predicted octanol–water partition coefficient (Wildman–Crippen LogP) is 4.11. The molecule has 0 atom stereocenters. The first-order valence-corrected chi connectivity index (χ1v) is 7.90. The molecule has 0 aliphatic rings. The lowest BCUT2D eigenvalue weighted by molar-refractivity contribution is -0.110. The van der Waals surface area contributed by atoms with Crippen LogP contribution in [-0.4, -0.2) is 34.0 Å². The summed E-state index contributed by atoms with van der Waals surface area (Å²) in [6.07, 6.45) is 6.85. The third kappa shape index (κ3) is 5.13. The van der Waals surface area contributed by atoms with Crippen molar-refractivity contribution in [1.29, 1.82) is 0 Å². The molecule has 3 nitrogen and oxygen atoms in total. The number of carbonyl (C=O) groups is 1. The molecule has 124 valence electrons. The number of hydrogen-bond donors (Lipinski definition) is 0. The van der Waals surface area contributed by atoms with Crippen LogP contribution in [0.4, 0.5) is 11.4 Å². The molecule has 0 aliphatic carbocycles. The van der Waals surface area contributed by atoms with Crippen LogP contribution in [0.5, 0.6) is 0 Å². The van der Waals surface area contributed by atoms with E-state index in [0.29, 0.717) is 0 Å². The number of carbonyl (C=O) groups excluding carboxylic acids is 1. The summed E-state index contributed by atoms with van der Waals surface area (Å²) in [4.78, 5) is 16.0. The molecular weight excluding hydrogens is 296 g/mol. The SMILES string of the molecule is CN(C)c1ccc(/C=C/C(=O)/C=C/c2ccc(N(C)C)cc2)cc1. The summed E-state index contributed by atoms with van der Waals surface area (Å²) in [7, 11) is 8.02. The largest absolute Gasteiger partial charge is 0.378 e. The Kier molecular flexibility index (Phi) is 5.96. The van der Waals surface area contributed by atoms with Gasteiger partial charge >= 0.3 is 0 Å². The van der Waals surface area contributed by atoms with E-state index < -0.39 is 0 Å². The minimum atomic E-state index is -0.0247. The van der Waals surface area contributed by atoms with Gasteiger partial charge in [0.25, 0.3) is 0 Å². The monoisotopic (exact) mass is 320 g/mol. The highest BCUT2D eigenvalue weighted by Gasteiger charge is 1.96. The Bertz CT molecular complexity index is 660. The fourth-order valence-electron chi connectivity index (χ4n) is 2.18. The molecule has 2 aromatic rings. The number of rotatable bonds is 6. The van der Waals surface area contributed by atoms with Crippen molar-refractivity contribution in [1.82, 2.24) is 0 Å². The van der Waals surface area contributed by atoms with Crippen molar-refractivity contribution in [3.63, 3.8) is 0 Å². The number of hydrogen-bond acceptors (Lipinski definition) is 3. The molecule has 2 aromatic carbocycles. The van der Waals surface area contributed by atoms with Gasteiger partial charge in [0.15, 0.2) is 5.78 Å². The molecule has 24 heavy (non-hydrogen) atoms. The van der Waals surface area contributed by atoms with Crippen LogP contribution in [0.15, 0.2) is 60.7 Å². The Hall–Kier alpha value is -2.81. The minimum absolute atomic E-state index is 0.0247. The van der Waals surface area contributed by atoms with E-state index in [0.717, 1.165) is 22.5 Å². The summed E-state index contributed by atoms with van der Waals surface area (Å²) in [6.45, 7) is 0. The molecular formula is C21H24N2O. The molecule has 0 bridgehead atoms. The Morgan fingerprint density at radius 1 is 0.667 bits per heavy atom. The van der Waals surface area contributed by atoms with Crippen LogP contribution in [0.3, 0.4) is 0 Å². The van der Waals surface area contributed by atoms with Crippen LogP contribution >= 0.6 is 0 Å². The summed E-state index contributed by atoms with van der Waals surface area (Å²) < 4.78 is 0. The first kappa shape index (κ1) is 17.5. The van der Waals surface area contributed by atoms with Gasteiger partial charge in [-0.2, -0.15) is 0 Å². The van der Waals surface area contributed by atoms with Crippen LogP contribution in [0.1, 0.15) is 11.1 Å². The van der Waals surface area contributed by atoms with E-state index in [9.17, 15) is 4.79 Å². The van der Waals surface area contributed by atoms with Crippen molar-refractivity contribution in [3.05, 3.63) is 71.8 Å². The summed E-state index contributed by atoms with van der Waals surface area (Å²) in [6, 6.07) is 16.1. The first-order valence-electron chi connectivity index (χ1n) is 7.90. The number of benzene rings is 2. The molecule has 0 aromatic heterocycles. The van der Waals surface area contributed by atoms with Gasteiger partial charge in [-0.1, -0.05) is 36.4 Å². The van der Waals surface area contributed by atoms with Crippen LogP contribution in [0, 0.1) is 0 Å². The Morgan fingerprint density at radius 3 is 1.29 bits per heavy atom. The zero-order valence-electron chi connectivity index (χ0n) is 14.7. The topological polar surface area (TPSA) is 23.6 Å². The fraction of sp³-hybridized carbons (Fsp3) is 0.190. The van der Waals surface area contributed by atoms with Gasteiger partial charge in [0, 0.05) is 39.6 Å². The lowest BCUT2D eigenvalue weighted by Gasteiger charge is -2.11. The van der Waals surface area contributed by atoms with Gasteiger partial charge in [0.2, 0.25) is 0 Å². The van der Waals surface area contributed by atoms with Gasteiger partial charge in [-0.15, -0.1) is 0 Å². The van der Waals surface area contributed by atoms with Crippen LogP contribution < -0.4 is 9.80 Å². The van der Waals surface area contributed by atoms with Gasteiger partial charge in [-0.3, -0.25) is 4.79 Å². The number of allylic oxidation sites excluding steroid dienone is 2. The Morgan fingerprint density at radius 2 is 1.00 bits per heavy atom. The summed E-state index contributed by atoms with van der Waals surface area (Å²) in [5.41, 5.74) is 4.30. The van der Waals surface area contributed by atoms with E-state index in [1.807, 2.05) is 98.7 Å². The fourth-order valence-corrected chi connectivity index (χ4v) is 2.18. The third-order valence-electron chi connectivity index (χ3n) is 3.70. The van der Waals surface area contributed by atoms with Gasteiger partial charge in [0.1, 0.15) is 0 Å². The van der Waals surface area contributed by atoms with E-state index in [2.05, 4.69) is 0 Å². The zero-order valence-corrected chi connectivity index (χ0v) is 14.7. The summed E-state index contributed by atoms with van der Waals surface area (Å²) in [5.74, 6) is -0.0247. The number of ketones is 1. The highest BCUT2D eigenvalue weighted by Crippen LogP contribution is 2.14. The highest BCUT2D eigenvalue weighted by atomic mass is 16.1. The lowest BCUT2D eigenvalue weighted by Crippen LogP contribution is -2.07. The third-order valence-corrected chi connectivity index (χ3v) is 3.70. The van der Waals surface area contributed by atoms with Crippen molar-refractivity contribution >= 4 is 29.3 Å². The zero-order chi connectivity index (χ0) is 17.5. The summed E-state index contributed by atoms with van der Waals surface area (Å²) in [5, 5.41) is 0. The molecule has 0 heterocycles. The van der Waals surface area contributed by atoms with Gasteiger partial charge < -0.3 is 9.80 Å². The molecule has 3 heteroatoms. The molecule has 0 radical (unpaired) electrons. The van der Waals surface area contributed by atoms with Crippen molar-refractivity contribution in [2.75, 3.05) is 38.0 Å². The molecule has 0 amide bonds. The van der Waals surface area contributed by atoms with E-state index in [4.69, 9.17) is 0 Å². The normalized spacial score (nSPS) is 11.2. The second-order valence-corrected chi connectivity index (χ2v) is 6.04. The minimum Gasteiger partial charge on any atom is -0.378 e. The molecule has 0 saturated carbocycles. The molecule has 2 rings (SSSR count). The highest BCUT2D eigenvalue weighted by molar-refractivity contribution is 6.04. The maximum atomic E-state index is 11.9. The molecule has 0 spiro atoms. The molecule has 0 saturated heterocycles. The smallest absolute Gasteiger partial charge is 0.178 e. The summed E-state index contributed by atoms with van der Waals surface area (Å²) >= 11 is 0. The van der Waals surface area contributed by atoms with Crippen LogP contribution in [0.2, 0.25) is 0 Å². The van der Waals surface area contributed by atoms with Crippen molar-refractivity contribution in [2.45, 2.75) is 0 Å². The van der Waals surface area contributed by atoms with E-state index >= 15 is 0 Å². The average Bonchev–Trinajstić information content (AvgIpc) is 2.58. The van der Waals surface area contributed by atoms with Crippen molar-refractivity contribution in [3.8, 4) is 0 Å². The maximum absolute atomic E-state index is 11.9. The lowest BCUT2D eigenvalue weighted by atomic mass is 10.1. The maximum Gasteiger partial charge on any atom is 0.178 e. The standard InChI is InChI=1S/C21H24N2O/c1-22(2)19-11-5-17(6-12-19)9-15-21(24)16-10-18-7-13-20(14-8-18)23(3)4/h5-16H,1-4H3/b15-9+,16-10+. The Balaban J connectivity index is 1.96. The van der Waals surface area contributed by atoms with Gasteiger partial charge in [-0.25, -0.2) is 0 Å². The predicted molar refractivity (Wildman–Crippen MR) is 105 cm³/mol. The van der Waals surface area contributed by atoms with Gasteiger partial charge in [-0.05, 0) is 47.5 Å². The van der Waals surface area contributed by atoms with E-state index in [1.165, 1.54) is 0 Å². The number of anilines is 2. The Labute approximate surface area is 144 Å². The molecule has 0 aliphatic heterocycles. The number of nitrogens with zero attached hydrogens (tertiary/aromatic N) is 2. The van der Waals surface area contributed by atoms with Gasteiger partial charge in [0.05, 0.1) is 0 Å². The first-order chi connectivity index (χ1) is 11.5. The van der Waals surface area contributed by atoms with Crippen LogP contribution in [-0.2, 0) is 4.79 Å². The molecule has 0 unspecified atom stereocenters. The van der Waals surface area contributed by atoms with E-state index in [-0.39, 0.29) is 5.78 Å². The van der Waals surface area contributed by atoms with Crippen LogP contribution in [0.25, 0.3) is 12.2 Å². The quantitative estimate of drug-likeness (QED) is 0.748. The second kappa shape index (κ2) is 8.16. The van der Waals surface area contributed by atoms with Crippen molar-refractivity contribution < 1.29 is 4.79 Å². The van der Waals surface area contributed by atoms with E-state index in [1.54, 1.807) is 12.2 Å². The van der Waals surface area contributed by atoms with Crippen molar-refractivity contribution in [2.24, 2.45) is 0 Å².